The van der Waals surface area contributed by atoms with E-state index in [-0.39, 0.29) is 12.0 Å². The van der Waals surface area contributed by atoms with E-state index < -0.39 is 11.7 Å². The summed E-state index contributed by atoms with van der Waals surface area (Å²) in [5.74, 6) is -0.00710. The first-order chi connectivity index (χ1) is 12.2. The Morgan fingerprint density at radius 2 is 1.46 bits per heavy atom. The van der Waals surface area contributed by atoms with Gasteiger partial charge in [0.05, 0.1) is 0 Å². The van der Waals surface area contributed by atoms with Crippen molar-refractivity contribution in [2.75, 3.05) is 6.54 Å². The third kappa shape index (κ3) is 5.33. The Kier molecular flexibility index (Phi) is 6.43. The van der Waals surface area contributed by atoms with Gasteiger partial charge in [-0.15, -0.1) is 0 Å². The zero-order valence-electron chi connectivity index (χ0n) is 16.4. The van der Waals surface area contributed by atoms with Gasteiger partial charge in [-0.05, 0) is 56.9 Å². The van der Waals surface area contributed by atoms with Crippen LogP contribution in [-0.4, -0.2) is 24.3 Å². The van der Waals surface area contributed by atoms with Gasteiger partial charge in [-0.25, -0.2) is 4.79 Å². The molecule has 0 aromatic heterocycles. The highest BCUT2D eigenvalue weighted by Crippen LogP contribution is 2.31. The van der Waals surface area contributed by atoms with Gasteiger partial charge in [-0.1, -0.05) is 48.5 Å². The topological polar surface area (TPSA) is 64.3 Å². The average molecular weight is 354 g/mol. The number of nitrogens with two attached hydrogens (primary N) is 1. The summed E-state index contributed by atoms with van der Waals surface area (Å²) in [5.41, 5.74) is 10.8. The number of ether oxygens (including phenoxy) is 1. The standard InChI is InChI=1S/C22H30N2O2/c1-15-10-6-8-12-17(15)20(18-13-9-7-11-16(18)2)19(23)14-24-21(25)26-22(3,4)5/h6-13,19-20H,14,23H2,1-5H3,(H,24,25). The lowest BCUT2D eigenvalue weighted by Gasteiger charge is -2.28. The van der Waals surface area contributed by atoms with E-state index in [9.17, 15) is 4.79 Å². The van der Waals surface area contributed by atoms with Crippen molar-refractivity contribution in [2.45, 2.75) is 52.2 Å². The molecule has 1 unspecified atom stereocenters. The molecule has 0 saturated heterocycles. The molecule has 0 aliphatic heterocycles. The Bertz CT molecular complexity index is 704. The quantitative estimate of drug-likeness (QED) is 0.842. The van der Waals surface area contributed by atoms with Crippen LogP contribution in [0.15, 0.2) is 48.5 Å². The van der Waals surface area contributed by atoms with E-state index in [1.807, 2.05) is 45.0 Å². The van der Waals surface area contributed by atoms with E-state index in [1.165, 1.54) is 22.3 Å². The molecule has 0 fully saturated rings. The van der Waals surface area contributed by atoms with Gasteiger partial charge in [0.25, 0.3) is 0 Å². The molecule has 2 aromatic rings. The smallest absolute Gasteiger partial charge is 0.407 e. The van der Waals surface area contributed by atoms with Crippen LogP contribution in [0.5, 0.6) is 0 Å². The van der Waals surface area contributed by atoms with Gasteiger partial charge in [0.1, 0.15) is 5.60 Å². The lowest BCUT2D eigenvalue weighted by Crippen LogP contribution is -2.43. The van der Waals surface area contributed by atoms with Crippen LogP contribution in [0.3, 0.4) is 0 Å². The number of alkyl carbamates (subject to hydrolysis) is 1. The Balaban J connectivity index is 2.26. The van der Waals surface area contributed by atoms with Crippen LogP contribution in [0.4, 0.5) is 4.79 Å². The largest absolute Gasteiger partial charge is 0.444 e. The fourth-order valence-electron chi connectivity index (χ4n) is 3.13. The number of benzene rings is 2. The minimum Gasteiger partial charge on any atom is -0.444 e. The van der Waals surface area contributed by atoms with Crippen LogP contribution in [-0.2, 0) is 4.74 Å². The molecule has 2 rings (SSSR count). The van der Waals surface area contributed by atoms with Crippen LogP contribution >= 0.6 is 0 Å². The van der Waals surface area contributed by atoms with Crippen LogP contribution in [0.1, 0.15) is 48.9 Å². The van der Waals surface area contributed by atoms with Gasteiger partial charge in [-0.3, -0.25) is 0 Å². The fraction of sp³-hybridized carbons (Fsp3) is 0.409. The van der Waals surface area contributed by atoms with Crippen molar-refractivity contribution in [1.29, 1.82) is 0 Å². The number of amides is 1. The van der Waals surface area contributed by atoms with Crippen LogP contribution in [0.2, 0.25) is 0 Å². The highest BCUT2D eigenvalue weighted by molar-refractivity contribution is 5.67. The van der Waals surface area contributed by atoms with Gasteiger partial charge >= 0.3 is 6.09 Å². The second-order valence-electron chi connectivity index (χ2n) is 7.74. The molecule has 2 aromatic carbocycles. The maximum Gasteiger partial charge on any atom is 0.407 e. The van der Waals surface area contributed by atoms with Crippen LogP contribution in [0, 0.1) is 13.8 Å². The van der Waals surface area contributed by atoms with E-state index >= 15 is 0 Å². The van der Waals surface area contributed by atoms with E-state index in [2.05, 4.69) is 43.4 Å². The molecule has 4 nitrogen and oxygen atoms in total. The summed E-state index contributed by atoms with van der Waals surface area (Å²) in [7, 11) is 0. The predicted molar refractivity (Wildman–Crippen MR) is 106 cm³/mol. The van der Waals surface area contributed by atoms with E-state index in [4.69, 9.17) is 10.5 Å². The number of aryl methyl sites for hydroxylation is 2. The summed E-state index contributed by atoms with van der Waals surface area (Å²) < 4.78 is 5.32. The van der Waals surface area contributed by atoms with E-state index in [0.29, 0.717) is 6.54 Å². The number of hydrogen-bond acceptors (Lipinski definition) is 3. The number of carbonyl (C=O) groups is 1. The minimum atomic E-state index is -0.528. The van der Waals surface area contributed by atoms with Gasteiger partial charge < -0.3 is 15.8 Å². The summed E-state index contributed by atoms with van der Waals surface area (Å²) in [6, 6.07) is 16.2. The molecule has 0 bridgehead atoms. The molecule has 0 aliphatic rings. The van der Waals surface area contributed by atoms with Crippen molar-refractivity contribution in [2.24, 2.45) is 5.73 Å². The summed E-state index contributed by atoms with van der Waals surface area (Å²) in [6.07, 6.45) is -0.443. The molecule has 140 valence electrons. The van der Waals surface area contributed by atoms with Crippen molar-refractivity contribution in [1.82, 2.24) is 5.32 Å². The second kappa shape index (κ2) is 8.37. The molecule has 4 heteroatoms. The number of nitrogens with one attached hydrogen (secondary N) is 1. The molecule has 0 spiro atoms. The molecule has 0 radical (unpaired) electrons. The maximum absolute atomic E-state index is 12.0. The first-order valence-electron chi connectivity index (χ1n) is 9.02. The van der Waals surface area contributed by atoms with Crippen molar-refractivity contribution in [3.63, 3.8) is 0 Å². The normalized spacial score (nSPS) is 12.7. The second-order valence-corrected chi connectivity index (χ2v) is 7.74. The fourth-order valence-corrected chi connectivity index (χ4v) is 3.13. The molecule has 26 heavy (non-hydrogen) atoms. The van der Waals surface area contributed by atoms with Crippen molar-refractivity contribution in [3.8, 4) is 0 Å². The summed E-state index contributed by atoms with van der Waals surface area (Å²) in [4.78, 5) is 12.0. The molecular formula is C22H30N2O2. The molecule has 1 amide bonds. The molecule has 0 aliphatic carbocycles. The van der Waals surface area contributed by atoms with Crippen molar-refractivity contribution in [3.05, 3.63) is 70.8 Å². The third-order valence-electron chi connectivity index (χ3n) is 4.36. The zero-order valence-corrected chi connectivity index (χ0v) is 16.4. The molecule has 3 N–H and O–H groups in total. The highest BCUT2D eigenvalue weighted by atomic mass is 16.6. The van der Waals surface area contributed by atoms with E-state index in [0.717, 1.165) is 0 Å². The Labute approximate surface area is 156 Å². The van der Waals surface area contributed by atoms with Crippen LogP contribution < -0.4 is 11.1 Å². The van der Waals surface area contributed by atoms with Crippen molar-refractivity contribution >= 4 is 6.09 Å². The predicted octanol–water partition coefficient (Wildman–Crippen LogP) is 4.29. The lowest BCUT2D eigenvalue weighted by molar-refractivity contribution is 0.0523. The van der Waals surface area contributed by atoms with E-state index in [1.54, 1.807) is 0 Å². The first-order valence-corrected chi connectivity index (χ1v) is 9.02. The molecule has 1 atom stereocenters. The van der Waals surface area contributed by atoms with Crippen molar-refractivity contribution < 1.29 is 9.53 Å². The summed E-state index contributed by atoms with van der Waals surface area (Å²) >= 11 is 0. The molecule has 0 heterocycles. The van der Waals surface area contributed by atoms with Gasteiger partial charge in [0.2, 0.25) is 0 Å². The molecule has 0 saturated carbocycles. The highest BCUT2D eigenvalue weighted by Gasteiger charge is 2.25. The summed E-state index contributed by atoms with van der Waals surface area (Å²) in [5, 5.41) is 2.81. The number of carbonyl (C=O) groups excluding carboxylic acids is 1. The minimum absolute atomic E-state index is 0.00710. The Morgan fingerprint density at radius 3 is 1.88 bits per heavy atom. The Hall–Kier alpha value is -2.33. The Morgan fingerprint density at radius 1 is 1.00 bits per heavy atom. The SMILES string of the molecule is Cc1ccccc1C(c1ccccc1C)C(N)CNC(=O)OC(C)(C)C. The van der Waals surface area contributed by atoms with Gasteiger partial charge in [-0.2, -0.15) is 0 Å². The monoisotopic (exact) mass is 354 g/mol. The van der Waals surface area contributed by atoms with Crippen LogP contribution in [0.25, 0.3) is 0 Å². The number of rotatable bonds is 5. The number of hydrogen-bond donors (Lipinski definition) is 2. The maximum atomic E-state index is 12.0. The third-order valence-corrected chi connectivity index (χ3v) is 4.36. The lowest BCUT2D eigenvalue weighted by atomic mass is 9.81. The molecular weight excluding hydrogens is 324 g/mol. The first kappa shape index (κ1) is 20.0. The zero-order chi connectivity index (χ0) is 19.3. The van der Waals surface area contributed by atoms with Gasteiger partial charge in [0, 0.05) is 18.5 Å². The van der Waals surface area contributed by atoms with Gasteiger partial charge in [0.15, 0.2) is 0 Å². The summed E-state index contributed by atoms with van der Waals surface area (Å²) in [6.45, 7) is 10.0. The average Bonchev–Trinajstić information content (AvgIpc) is 2.55.